The molecule has 0 saturated carbocycles. The van der Waals surface area contributed by atoms with Crippen LogP contribution in [0.15, 0.2) is 36.4 Å². The maximum Gasteiger partial charge on any atom is 0.199 e. The Balaban J connectivity index is 1.55. The fourth-order valence-electron chi connectivity index (χ4n) is 6.93. The van der Waals surface area contributed by atoms with Crippen LogP contribution in [-0.2, 0) is 44.0 Å². The predicted molar refractivity (Wildman–Crippen MR) is 192 cm³/mol. The molecule has 0 amide bonds. The van der Waals surface area contributed by atoms with Gasteiger partial charge in [-0.15, -0.1) is 11.3 Å². The lowest BCUT2D eigenvalue weighted by molar-refractivity contribution is -0.326. The van der Waals surface area contributed by atoms with Crippen LogP contribution in [0.4, 0.5) is 0 Å². The van der Waals surface area contributed by atoms with Crippen molar-refractivity contribution in [3.05, 3.63) is 63.5 Å². The zero-order chi connectivity index (χ0) is 33.1. The van der Waals surface area contributed by atoms with E-state index in [0.717, 1.165) is 88.4 Å². The van der Waals surface area contributed by atoms with Gasteiger partial charge in [-0.3, -0.25) is 0 Å². The van der Waals surface area contributed by atoms with E-state index in [0.29, 0.717) is 33.0 Å². The molecular formula is C40H58O6S. The van der Waals surface area contributed by atoms with Crippen LogP contribution in [0.1, 0.15) is 119 Å². The Morgan fingerprint density at radius 1 is 0.851 bits per heavy atom. The van der Waals surface area contributed by atoms with E-state index in [4.69, 9.17) is 23.7 Å². The summed E-state index contributed by atoms with van der Waals surface area (Å²) in [5.74, 6) is -0.786. The molecule has 1 unspecified atom stereocenters. The average molecular weight is 667 g/mol. The third kappa shape index (κ3) is 9.17. The molecule has 2 aromatic carbocycles. The minimum atomic E-state index is -1.60. The van der Waals surface area contributed by atoms with Crippen molar-refractivity contribution in [3.8, 4) is 5.75 Å². The SMILES string of the molecule is CCCCOC[C@H]1OC(O)(c2cc(Cc3cc4ccccc4s3)c3c(c2OCCCC)CCC3)C[C@@H](OCCCC)[C@@H]1OCCCC. The molecule has 47 heavy (non-hydrogen) atoms. The van der Waals surface area contributed by atoms with E-state index in [2.05, 4.69) is 64.1 Å². The molecule has 0 bridgehead atoms. The summed E-state index contributed by atoms with van der Waals surface area (Å²) in [4.78, 5) is 1.33. The number of hydrogen-bond donors (Lipinski definition) is 1. The molecular weight excluding hydrogens is 609 g/mol. The smallest absolute Gasteiger partial charge is 0.199 e. The molecule has 260 valence electrons. The Bertz CT molecular complexity index is 1350. The van der Waals surface area contributed by atoms with Crippen LogP contribution in [0, 0.1) is 0 Å². The minimum Gasteiger partial charge on any atom is -0.493 e. The van der Waals surface area contributed by atoms with Gasteiger partial charge < -0.3 is 28.8 Å². The molecule has 1 N–H and O–H groups in total. The highest BCUT2D eigenvalue weighted by atomic mass is 32.1. The van der Waals surface area contributed by atoms with Crippen LogP contribution < -0.4 is 4.74 Å². The zero-order valence-electron chi connectivity index (χ0n) is 29.3. The van der Waals surface area contributed by atoms with Gasteiger partial charge in [0.25, 0.3) is 0 Å². The first-order valence-corrected chi connectivity index (χ1v) is 19.3. The number of thiophene rings is 1. The van der Waals surface area contributed by atoms with Crippen molar-refractivity contribution in [2.45, 2.75) is 135 Å². The highest BCUT2D eigenvalue weighted by molar-refractivity contribution is 7.19. The van der Waals surface area contributed by atoms with Crippen molar-refractivity contribution in [1.29, 1.82) is 0 Å². The average Bonchev–Trinajstić information content (AvgIpc) is 3.73. The number of unbranched alkanes of at least 4 members (excludes halogenated alkanes) is 4. The van der Waals surface area contributed by atoms with Crippen molar-refractivity contribution in [1.82, 2.24) is 0 Å². The first kappa shape index (κ1) is 36.3. The van der Waals surface area contributed by atoms with Crippen molar-refractivity contribution in [2.24, 2.45) is 0 Å². The van der Waals surface area contributed by atoms with Gasteiger partial charge >= 0.3 is 0 Å². The summed E-state index contributed by atoms with van der Waals surface area (Å²) in [5, 5.41) is 14.1. The van der Waals surface area contributed by atoms with Gasteiger partial charge in [-0.05, 0) is 85.2 Å². The lowest BCUT2D eigenvalue weighted by atomic mass is 9.86. The molecule has 1 saturated heterocycles. The first-order chi connectivity index (χ1) is 23.0. The molecule has 5 rings (SSSR count). The second kappa shape index (κ2) is 18.1. The normalized spacial score (nSPS) is 22.6. The van der Waals surface area contributed by atoms with Crippen molar-refractivity contribution in [2.75, 3.05) is 33.0 Å². The summed E-state index contributed by atoms with van der Waals surface area (Å²) < 4.78 is 34.0. The lowest BCUT2D eigenvalue weighted by Crippen LogP contribution is -2.57. The third-order valence-corrected chi connectivity index (χ3v) is 10.7. The maximum absolute atomic E-state index is 12.8. The Hall–Kier alpha value is -2.00. The quantitative estimate of drug-likeness (QED) is 0.121. The van der Waals surface area contributed by atoms with Gasteiger partial charge in [0.15, 0.2) is 5.79 Å². The van der Waals surface area contributed by atoms with Crippen molar-refractivity contribution in [3.63, 3.8) is 0 Å². The van der Waals surface area contributed by atoms with Gasteiger partial charge in [0.1, 0.15) is 18.0 Å². The van der Waals surface area contributed by atoms with Crippen LogP contribution in [0.2, 0.25) is 0 Å². The Morgan fingerprint density at radius 3 is 2.32 bits per heavy atom. The van der Waals surface area contributed by atoms with Crippen LogP contribution in [0.3, 0.4) is 0 Å². The van der Waals surface area contributed by atoms with Crippen LogP contribution >= 0.6 is 11.3 Å². The largest absolute Gasteiger partial charge is 0.493 e. The Morgan fingerprint density at radius 2 is 1.55 bits per heavy atom. The number of fused-ring (bicyclic) bond motifs is 2. The highest BCUT2D eigenvalue weighted by Gasteiger charge is 2.50. The van der Waals surface area contributed by atoms with Crippen LogP contribution in [0.25, 0.3) is 10.1 Å². The zero-order valence-corrected chi connectivity index (χ0v) is 30.1. The van der Waals surface area contributed by atoms with Crippen LogP contribution in [0.5, 0.6) is 5.75 Å². The number of aliphatic hydroxyl groups is 1. The van der Waals surface area contributed by atoms with Gasteiger partial charge in [0.2, 0.25) is 0 Å². The van der Waals surface area contributed by atoms with Gasteiger partial charge in [0.05, 0.1) is 24.9 Å². The summed E-state index contributed by atoms with van der Waals surface area (Å²) in [6, 6.07) is 13.1. The van der Waals surface area contributed by atoms with E-state index < -0.39 is 11.9 Å². The van der Waals surface area contributed by atoms with Crippen molar-refractivity contribution >= 4 is 21.4 Å². The molecule has 2 heterocycles. The molecule has 4 atom stereocenters. The third-order valence-electron chi connectivity index (χ3n) is 9.57. The lowest BCUT2D eigenvalue weighted by Gasteiger charge is -2.46. The molecule has 0 radical (unpaired) electrons. The van der Waals surface area contributed by atoms with Crippen LogP contribution in [-0.4, -0.2) is 56.5 Å². The number of benzene rings is 2. The fraction of sp³-hybridized carbons (Fsp3) is 0.650. The summed E-state index contributed by atoms with van der Waals surface area (Å²) in [5.41, 5.74) is 4.62. The topological polar surface area (TPSA) is 66.4 Å². The summed E-state index contributed by atoms with van der Waals surface area (Å²) in [7, 11) is 0. The molecule has 6 nitrogen and oxygen atoms in total. The number of rotatable bonds is 20. The minimum absolute atomic E-state index is 0.282. The van der Waals surface area contributed by atoms with E-state index in [1.54, 1.807) is 0 Å². The fourth-order valence-corrected chi connectivity index (χ4v) is 8.02. The van der Waals surface area contributed by atoms with Gasteiger partial charge in [0, 0.05) is 42.2 Å². The van der Waals surface area contributed by atoms with E-state index in [-0.39, 0.29) is 18.6 Å². The summed E-state index contributed by atoms with van der Waals surface area (Å²) >= 11 is 1.86. The van der Waals surface area contributed by atoms with Gasteiger partial charge in [-0.1, -0.05) is 71.6 Å². The van der Waals surface area contributed by atoms with E-state index in [9.17, 15) is 5.11 Å². The second-order valence-corrected chi connectivity index (χ2v) is 14.5. The van der Waals surface area contributed by atoms with Crippen molar-refractivity contribution < 1.29 is 28.8 Å². The summed E-state index contributed by atoms with van der Waals surface area (Å²) in [6.45, 7) is 11.6. The van der Waals surface area contributed by atoms with Gasteiger partial charge in [-0.2, -0.15) is 0 Å². The summed E-state index contributed by atoms with van der Waals surface area (Å²) in [6.07, 6.45) is 11.1. The molecule has 0 spiro atoms. The molecule has 1 aromatic heterocycles. The molecule has 1 aliphatic carbocycles. The Labute approximate surface area is 287 Å². The standard InChI is InChI=1S/C40H58O6S/c1-5-9-20-42-28-36-39(45-23-12-8-4)35(43-21-10-6-2)27-40(41,46-36)34-26-30(25-31-24-29-16-13-14-19-37(29)47-31)32-17-15-18-33(32)38(34)44-22-11-7-3/h13-14,16,19,24,26,35-36,39,41H,5-12,15,17-18,20-23,25,27-28H2,1-4H3/t35-,36-,39+,40?/m1/s1. The molecule has 7 heteroatoms. The maximum atomic E-state index is 12.8. The van der Waals surface area contributed by atoms with E-state index in [1.807, 2.05) is 11.3 Å². The number of ether oxygens (including phenoxy) is 5. The molecule has 3 aromatic rings. The van der Waals surface area contributed by atoms with E-state index in [1.165, 1.54) is 31.7 Å². The Kier molecular flexibility index (Phi) is 14.0. The molecule has 2 aliphatic rings. The predicted octanol–water partition coefficient (Wildman–Crippen LogP) is 9.28. The second-order valence-electron chi connectivity index (χ2n) is 13.4. The number of hydrogen-bond acceptors (Lipinski definition) is 7. The van der Waals surface area contributed by atoms with Gasteiger partial charge in [-0.25, -0.2) is 0 Å². The molecule has 1 aliphatic heterocycles. The highest BCUT2D eigenvalue weighted by Crippen LogP contribution is 2.47. The molecule has 1 fully saturated rings. The van der Waals surface area contributed by atoms with E-state index >= 15 is 0 Å². The first-order valence-electron chi connectivity index (χ1n) is 18.5. The monoisotopic (exact) mass is 666 g/mol.